The summed E-state index contributed by atoms with van der Waals surface area (Å²) in [4.78, 5) is 15.2. The van der Waals surface area contributed by atoms with Crippen LogP contribution in [0, 0.1) is 0 Å². The lowest BCUT2D eigenvalue weighted by Gasteiger charge is -2.05. The second kappa shape index (κ2) is 4.13. The highest BCUT2D eigenvalue weighted by molar-refractivity contribution is 5.74. The number of aromatic hydroxyl groups is 2. The lowest BCUT2D eigenvalue weighted by Crippen LogP contribution is -2.01. The molecule has 19 heavy (non-hydrogen) atoms. The first-order valence-corrected chi connectivity index (χ1v) is 5.60. The Hall–Kier alpha value is -2.83. The molecule has 0 aliphatic heterocycles. The van der Waals surface area contributed by atoms with Gasteiger partial charge in [-0.15, -0.1) is 0 Å². The lowest BCUT2D eigenvalue weighted by atomic mass is 10.1. The van der Waals surface area contributed by atoms with Crippen molar-refractivity contribution in [2.24, 2.45) is 0 Å². The van der Waals surface area contributed by atoms with Crippen LogP contribution in [-0.2, 0) is 6.42 Å². The maximum Gasteiger partial charge on any atom is 0.222 e. The van der Waals surface area contributed by atoms with Crippen molar-refractivity contribution in [2.45, 2.75) is 6.42 Å². The fraction of sp³-hybridized carbons (Fsp3) is 0.0833. The molecule has 3 aromatic rings. The molecule has 0 atom stereocenters. The van der Waals surface area contributed by atoms with Gasteiger partial charge in [-0.1, -0.05) is 6.07 Å². The number of benzene rings is 1. The average molecular weight is 257 g/mol. The monoisotopic (exact) mass is 257 g/mol. The summed E-state index contributed by atoms with van der Waals surface area (Å²) in [6.07, 6.45) is 1.97. The Labute approximate surface area is 107 Å². The van der Waals surface area contributed by atoms with E-state index < -0.39 is 0 Å². The van der Waals surface area contributed by atoms with Gasteiger partial charge in [0.1, 0.15) is 5.52 Å². The Morgan fingerprint density at radius 2 is 2.00 bits per heavy atom. The zero-order valence-corrected chi connectivity index (χ0v) is 9.83. The maximum atomic E-state index is 9.48. The molecule has 0 bridgehead atoms. The SMILES string of the molecule is Nc1nc(Cc2ccc(O)c(O)c2)c2[nH]cnc2n1. The summed E-state index contributed by atoms with van der Waals surface area (Å²) < 4.78 is 0. The number of H-pyrrole nitrogens is 1. The van der Waals surface area contributed by atoms with Gasteiger partial charge in [0, 0.05) is 6.42 Å². The van der Waals surface area contributed by atoms with Crippen LogP contribution in [0.4, 0.5) is 5.95 Å². The molecular weight excluding hydrogens is 246 g/mol. The summed E-state index contributed by atoms with van der Waals surface area (Å²) in [7, 11) is 0. The Morgan fingerprint density at radius 3 is 2.79 bits per heavy atom. The topological polar surface area (TPSA) is 121 Å². The molecule has 5 N–H and O–H groups in total. The molecule has 0 saturated heterocycles. The summed E-state index contributed by atoms with van der Waals surface area (Å²) in [5, 5.41) is 18.8. The number of nitrogens with two attached hydrogens (primary N) is 1. The molecule has 96 valence electrons. The third kappa shape index (κ3) is 2.01. The number of phenolic OH excluding ortho intramolecular Hbond substituents is 2. The number of anilines is 1. The van der Waals surface area contributed by atoms with Crippen LogP contribution < -0.4 is 5.73 Å². The van der Waals surface area contributed by atoms with E-state index >= 15 is 0 Å². The van der Waals surface area contributed by atoms with Gasteiger partial charge in [0.25, 0.3) is 0 Å². The van der Waals surface area contributed by atoms with Gasteiger partial charge in [-0.25, -0.2) is 9.97 Å². The van der Waals surface area contributed by atoms with Gasteiger partial charge in [0.05, 0.1) is 12.0 Å². The minimum absolute atomic E-state index is 0.151. The van der Waals surface area contributed by atoms with Crippen LogP contribution in [0.15, 0.2) is 24.5 Å². The molecule has 7 heteroatoms. The van der Waals surface area contributed by atoms with Crippen LogP contribution in [0.5, 0.6) is 11.5 Å². The van der Waals surface area contributed by atoms with Gasteiger partial charge in [-0.2, -0.15) is 4.98 Å². The number of nitrogens with one attached hydrogen (secondary N) is 1. The standard InChI is InChI=1S/C12H11N5O2/c13-12-16-7(10-11(17-12)15-5-14-10)3-6-1-2-8(18)9(19)4-6/h1-2,4-5,18-19H,3H2,(H3,13,14,15,16,17). The summed E-state index contributed by atoms with van der Waals surface area (Å²) in [5.74, 6) is -0.171. The van der Waals surface area contributed by atoms with Crippen molar-refractivity contribution in [1.82, 2.24) is 19.9 Å². The molecule has 0 unspecified atom stereocenters. The van der Waals surface area contributed by atoms with Gasteiger partial charge in [0.2, 0.25) is 5.95 Å². The van der Waals surface area contributed by atoms with Crippen LogP contribution in [0.25, 0.3) is 11.2 Å². The summed E-state index contributed by atoms with van der Waals surface area (Å²) in [6.45, 7) is 0. The maximum absolute atomic E-state index is 9.48. The fourth-order valence-corrected chi connectivity index (χ4v) is 1.91. The van der Waals surface area contributed by atoms with Gasteiger partial charge in [-0.05, 0) is 17.7 Å². The second-order valence-electron chi connectivity index (χ2n) is 4.13. The number of aromatic amines is 1. The predicted octanol–water partition coefficient (Wildman–Crippen LogP) is 0.937. The van der Waals surface area contributed by atoms with Crippen LogP contribution >= 0.6 is 0 Å². The Kier molecular flexibility index (Phi) is 2.45. The molecule has 0 amide bonds. The van der Waals surface area contributed by atoms with Crippen molar-refractivity contribution in [1.29, 1.82) is 0 Å². The summed E-state index contributed by atoms with van der Waals surface area (Å²) in [5.41, 5.74) is 8.32. The largest absolute Gasteiger partial charge is 0.504 e. The van der Waals surface area contributed by atoms with Crippen molar-refractivity contribution in [3.63, 3.8) is 0 Å². The van der Waals surface area contributed by atoms with Gasteiger partial charge < -0.3 is 20.9 Å². The number of rotatable bonds is 2. The summed E-state index contributed by atoms with van der Waals surface area (Å²) >= 11 is 0. The molecule has 0 fully saturated rings. The Morgan fingerprint density at radius 1 is 1.16 bits per heavy atom. The van der Waals surface area contributed by atoms with Crippen LogP contribution in [0.3, 0.4) is 0 Å². The van der Waals surface area contributed by atoms with Gasteiger partial charge >= 0.3 is 0 Å². The van der Waals surface area contributed by atoms with E-state index in [4.69, 9.17) is 5.73 Å². The molecule has 1 aromatic carbocycles. The number of imidazole rings is 1. The molecule has 2 heterocycles. The number of nitrogens with zero attached hydrogens (tertiary/aromatic N) is 3. The van der Waals surface area contributed by atoms with Crippen LogP contribution in [-0.4, -0.2) is 30.1 Å². The molecule has 0 aliphatic carbocycles. The smallest absolute Gasteiger partial charge is 0.222 e. The number of phenols is 2. The third-order valence-corrected chi connectivity index (χ3v) is 2.79. The highest BCUT2D eigenvalue weighted by Crippen LogP contribution is 2.26. The first-order valence-electron chi connectivity index (χ1n) is 5.60. The van der Waals surface area contributed by atoms with E-state index in [9.17, 15) is 10.2 Å². The molecule has 0 spiro atoms. The summed E-state index contributed by atoms with van der Waals surface area (Å²) in [6, 6.07) is 4.62. The number of nitrogen functional groups attached to an aromatic ring is 1. The normalized spacial score (nSPS) is 10.9. The van der Waals surface area contributed by atoms with E-state index in [0.29, 0.717) is 23.3 Å². The average Bonchev–Trinajstić information content (AvgIpc) is 2.82. The molecule has 3 rings (SSSR count). The minimum atomic E-state index is -0.166. The highest BCUT2D eigenvalue weighted by Gasteiger charge is 2.10. The quantitative estimate of drug-likeness (QED) is 0.507. The number of aromatic nitrogens is 4. The fourth-order valence-electron chi connectivity index (χ4n) is 1.91. The van der Waals surface area contributed by atoms with Crippen LogP contribution in [0.2, 0.25) is 0 Å². The van der Waals surface area contributed by atoms with Crippen molar-refractivity contribution in [2.75, 3.05) is 5.73 Å². The van der Waals surface area contributed by atoms with Crippen molar-refractivity contribution in [3.8, 4) is 11.5 Å². The van der Waals surface area contributed by atoms with E-state index in [1.807, 2.05) is 0 Å². The zero-order valence-electron chi connectivity index (χ0n) is 9.83. The minimum Gasteiger partial charge on any atom is -0.504 e. The highest BCUT2D eigenvalue weighted by atomic mass is 16.3. The first-order chi connectivity index (χ1) is 9.13. The van der Waals surface area contributed by atoms with E-state index in [1.54, 1.807) is 6.07 Å². The molecule has 2 aromatic heterocycles. The van der Waals surface area contributed by atoms with Gasteiger partial charge in [-0.3, -0.25) is 0 Å². The molecule has 0 radical (unpaired) electrons. The third-order valence-electron chi connectivity index (χ3n) is 2.79. The number of fused-ring (bicyclic) bond motifs is 1. The predicted molar refractivity (Wildman–Crippen MR) is 68.7 cm³/mol. The van der Waals surface area contributed by atoms with Crippen molar-refractivity contribution >= 4 is 17.1 Å². The zero-order chi connectivity index (χ0) is 13.4. The Bertz CT molecular complexity index is 753. The van der Waals surface area contributed by atoms with Crippen molar-refractivity contribution in [3.05, 3.63) is 35.8 Å². The van der Waals surface area contributed by atoms with Gasteiger partial charge in [0.15, 0.2) is 17.1 Å². The number of hydrogen-bond donors (Lipinski definition) is 4. The molecule has 0 aliphatic rings. The number of hydrogen-bond acceptors (Lipinski definition) is 6. The molecular formula is C12H11N5O2. The lowest BCUT2D eigenvalue weighted by molar-refractivity contribution is 0.403. The first kappa shape index (κ1) is 11.3. The molecule has 0 saturated carbocycles. The molecule has 7 nitrogen and oxygen atoms in total. The second-order valence-corrected chi connectivity index (χ2v) is 4.13. The van der Waals surface area contributed by atoms with E-state index in [2.05, 4.69) is 19.9 Å². The van der Waals surface area contributed by atoms with E-state index in [0.717, 1.165) is 5.56 Å². The van der Waals surface area contributed by atoms with E-state index in [-0.39, 0.29) is 17.4 Å². The van der Waals surface area contributed by atoms with Crippen LogP contribution in [0.1, 0.15) is 11.3 Å². The Balaban J connectivity index is 2.04. The van der Waals surface area contributed by atoms with Crippen molar-refractivity contribution < 1.29 is 10.2 Å². The van der Waals surface area contributed by atoms with E-state index in [1.165, 1.54) is 18.5 Å².